The van der Waals surface area contributed by atoms with Gasteiger partial charge in [-0.25, -0.2) is 0 Å². The maximum absolute atomic E-state index is 12.4. The molecule has 1 aromatic heterocycles. The highest BCUT2D eigenvalue weighted by Gasteiger charge is 2.26. The van der Waals surface area contributed by atoms with E-state index in [-0.39, 0.29) is 17.6 Å². The second kappa shape index (κ2) is 5.40. The molecular weight excluding hydrogens is 248 g/mol. The molecule has 0 aliphatic carbocycles. The predicted molar refractivity (Wildman–Crippen MR) is 67.7 cm³/mol. The first kappa shape index (κ1) is 13.5. The zero-order valence-electron chi connectivity index (χ0n) is 11.1. The Balaban J connectivity index is 2.16. The van der Waals surface area contributed by atoms with Gasteiger partial charge in [0.2, 0.25) is 0 Å². The van der Waals surface area contributed by atoms with Crippen molar-refractivity contribution in [3.8, 4) is 0 Å². The number of aryl methyl sites for hydroxylation is 1. The van der Waals surface area contributed by atoms with Crippen LogP contribution in [0, 0.1) is 0 Å². The molecule has 1 aliphatic rings. The van der Waals surface area contributed by atoms with Gasteiger partial charge in [-0.15, -0.1) is 0 Å². The largest absolute Gasteiger partial charge is 0.381 e. The molecule has 0 bridgehead atoms. The van der Waals surface area contributed by atoms with Crippen LogP contribution < -0.4 is 5.73 Å². The summed E-state index contributed by atoms with van der Waals surface area (Å²) in [6.45, 7) is 1.33. The lowest BCUT2D eigenvalue weighted by molar-refractivity contribution is 0.0356. The van der Waals surface area contributed by atoms with Crippen LogP contribution in [-0.2, 0) is 11.8 Å². The fourth-order valence-corrected chi connectivity index (χ4v) is 2.21. The third kappa shape index (κ3) is 2.76. The first-order valence-electron chi connectivity index (χ1n) is 6.19. The van der Waals surface area contributed by atoms with E-state index < -0.39 is 5.91 Å². The smallest absolute Gasteiger partial charge is 0.272 e. The molecular formula is C12H18N4O3. The summed E-state index contributed by atoms with van der Waals surface area (Å²) in [7, 11) is 3.38. The number of carbonyl (C=O) groups is 2. The van der Waals surface area contributed by atoms with E-state index in [0.29, 0.717) is 18.9 Å². The first-order chi connectivity index (χ1) is 9.00. The summed E-state index contributed by atoms with van der Waals surface area (Å²) in [5.74, 6) is -0.794. The van der Waals surface area contributed by atoms with Gasteiger partial charge in [0.15, 0.2) is 5.69 Å². The molecule has 0 atom stereocenters. The van der Waals surface area contributed by atoms with E-state index in [1.807, 2.05) is 0 Å². The first-order valence-corrected chi connectivity index (χ1v) is 6.19. The van der Waals surface area contributed by atoms with E-state index in [2.05, 4.69) is 5.10 Å². The number of amides is 2. The molecule has 1 aliphatic heterocycles. The molecule has 7 nitrogen and oxygen atoms in total. The normalized spacial score (nSPS) is 16.3. The number of aromatic nitrogens is 2. The van der Waals surface area contributed by atoms with Crippen LogP contribution >= 0.6 is 0 Å². The highest BCUT2D eigenvalue weighted by atomic mass is 16.5. The van der Waals surface area contributed by atoms with Gasteiger partial charge in [0, 0.05) is 39.4 Å². The Morgan fingerprint density at radius 1 is 1.47 bits per heavy atom. The van der Waals surface area contributed by atoms with Gasteiger partial charge in [-0.2, -0.15) is 5.10 Å². The Labute approximate surface area is 111 Å². The number of hydrogen-bond donors (Lipinski definition) is 1. The van der Waals surface area contributed by atoms with E-state index in [9.17, 15) is 9.59 Å². The molecule has 1 aromatic rings. The van der Waals surface area contributed by atoms with Crippen molar-refractivity contribution in [3.05, 3.63) is 17.5 Å². The lowest BCUT2D eigenvalue weighted by atomic mass is 10.1. The number of nitrogens with two attached hydrogens (primary N) is 1. The summed E-state index contributed by atoms with van der Waals surface area (Å²) >= 11 is 0. The fraction of sp³-hybridized carbons (Fsp3) is 0.583. The molecule has 104 valence electrons. The van der Waals surface area contributed by atoms with Crippen LogP contribution in [0.4, 0.5) is 0 Å². The number of nitrogens with zero attached hydrogens (tertiary/aromatic N) is 3. The van der Waals surface area contributed by atoms with E-state index in [1.165, 1.54) is 10.7 Å². The van der Waals surface area contributed by atoms with E-state index in [1.54, 1.807) is 19.0 Å². The Kier molecular flexibility index (Phi) is 3.84. The van der Waals surface area contributed by atoms with Crippen LogP contribution in [0.3, 0.4) is 0 Å². The second-order valence-electron chi connectivity index (χ2n) is 4.66. The summed E-state index contributed by atoms with van der Waals surface area (Å²) in [5, 5.41) is 3.93. The van der Waals surface area contributed by atoms with Gasteiger partial charge in [-0.3, -0.25) is 14.3 Å². The van der Waals surface area contributed by atoms with Crippen LogP contribution in [0.25, 0.3) is 0 Å². The van der Waals surface area contributed by atoms with Crippen LogP contribution in [-0.4, -0.2) is 52.8 Å². The molecule has 0 radical (unpaired) electrons. The molecule has 2 amide bonds. The molecule has 0 unspecified atom stereocenters. The van der Waals surface area contributed by atoms with Gasteiger partial charge < -0.3 is 15.4 Å². The van der Waals surface area contributed by atoms with Gasteiger partial charge in [-0.1, -0.05) is 0 Å². The van der Waals surface area contributed by atoms with Crippen molar-refractivity contribution < 1.29 is 14.3 Å². The quantitative estimate of drug-likeness (QED) is 0.818. The Hall–Kier alpha value is -1.89. The minimum absolute atomic E-state index is 0.103. The van der Waals surface area contributed by atoms with Crippen molar-refractivity contribution in [1.29, 1.82) is 0 Å². The SMILES string of the molecule is CN(C(=O)c1cc(C(N)=O)nn1C)C1CCOCC1. The van der Waals surface area contributed by atoms with Crippen molar-refractivity contribution in [1.82, 2.24) is 14.7 Å². The number of ether oxygens (including phenoxy) is 1. The van der Waals surface area contributed by atoms with Crippen LogP contribution in [0.15, 0.2) is 6.07 Å². The molecule has 1 fully saturated rings. The number of carbonyl (C=O) groups excluding carboxylic acids is 2. The monoisotopic (exact) mass is 266 g/mol. The molecule has 2 N–H and O–H groups in total. The van der Waals surface area contributed by atoms with Crippen molar-refractivity contribution in [2.45, 2.75) is 18.9 Å². The van der Waals surface area contributed by atoms with E-state index >= 15 is 0 Å². The van der Waals surface area contributed by atoms with Crippen molar-refractivity contribution in [2.24, 2.45) is 12.8 Å². The number of hydrogen-bond acceptors (Lipinski definition) is 4. The van der Waals surface area contributed by atoms with E-state index in [0.717, 1.165) is 12.8 Å². The van der Waals surface area contributed by atoms with E-state index in [4.69, 9.17) is 10.5 Å². The van der Waals surface area contributed by atoms with Gasteiger partial charge in [0.25, 0.3) is 11.8 Å². The molecule has 1 saturated heterocycles. The molecule has 0 spiro atoms. The Morgan fingerprint density at radius 2 is 2.11 bits per heavy atom. The summed E-state index contributed by atoms with van der Waals surface area (Å²) in [5.41, 5.74) is 5.63. The Bertz CT molecular complexity index is 491. The zero-order valence-corrected chi connectivity index (χ0v) is 11.1. The summed E-state index contributed by atoms with van der Waals surface area (Å²) < 4.78 is 6.67. The van der Waals surface area contributed by atoms with Gasteiger partial charge in [-0.05, 0) is 12.8 Å². The molecule has 0 saturated carbocycles. The summed E-state index contributed by atoms with van der Waals surface area (Å²) in [6.07, 6.45) is 1.64. The van der Waals surface area contributed by atoms with Crippen LogP contribution in [0.5, 0.6) is 0 Å². The number of rotatable bonds is 3. The van der Waals surface area contributed by atoms with Crippen molar-refractivity contribution in [3.63, 3.8) is 0 Å². The third-order valence-electron chi connectivity index (χ3n) is 3.41. The maximum atomic E-state index is 12.4. The summed E-state index contributed by atoms with van der Waals surface area (Å²) in [4.78, 5) is 25.1. The predicted octanol–water partition coefficient (Wildman–Crippen LogP) is -0.230. The molecule has 2 rings (SSSR count). The van der Waals surface area contributed by atoms with Gasteiger partial charge in [0.05, 0.1) is 0 Å². The second-order valence-corrected chi connectivity index (χ2v) is 4.66. The standard InChI is InChI=1S/C12H18N4O3/c1-15(8-3-5-19-6-4-8)12(18)10-7-9(11(13)17)14-16(10)2/h7-8H,3-6H2,1-2H3,(H2,13,17). The maximum Gasteiger partial charge on any atom is 0.272 e. The highest BCUT2D eigenvalue weighted by Crippen LogP contribution is 2.16. The van der Waals surface area contributed by atoms with Crippen LogP contribution in [0.1, 0.15) is 33.8 Å². The number of primary amides is 1. The lowest BCUT2D eigenvalue weighted by Gasteiger charge is -2.31. The van der Waals surface area contributed by atoms with Gasteiger partial charge in [0.1, 0.15) is 5.69 Å². The molecule has 7 heteroatoms. The molecule has 19 heavy (non-hydrogen) atoms. The van der Waals surface area contributed by atoms with Gasteiger partial charge >= 0.3 is 0 Å². The minimum atomic E-state index is -0.636. The highest BCUT2D eigenvalue weighted by molar-refractivity contribution is 5.97. The average Bonchev–Trinajstić information content (AvgIpc) is 2.80. The molecule has 2 heterocycles. The van der Waals surface area contributed by atoms with Crippen molar-refractivity contribution >= 4 is 11.8 Å². The Morgan fingerprint density at radius 3 is 2.63 bits per heavy atom. The minimum Gasteiger partial charge on any atom is -0.381 e. The lowest BCUT2D eigenvalue weighted by Crippen LogP contribution is -2.41. The topological polar surface area (TPSA) is 90.5 Å². The summed E-state index contributed by atoms with van der Waals surface area (Å²) in [6, 6.07) is 1.59. The van der Waals surface area contributed by atoms with Crippen molar-refractivity contribution in [2.75, 3.05) is 20.3 Å². The molecule has 0 aromatic carbocycles. The average molecular weight is 266 g/mol. The zero-order chi connectivity index (χ0) is 14.0. The fourth-order valence-electron chi connectivity index (χ4n) is 2.21. The van der Waals surface area contributed by atoms with Crippen LogP contribution in [0.2, 0.25) is 0 Å². The third-order valence-corrected chi connectivity index (χ3v) is 3.41.